The minimum atomic E-state index is -0.623. The molecule has 1 fully saturated rings. The summed E-state index contributed by atoms with van der Waals surface area (Å²) in [5.41, 5.74) is 1.58. The number of fused-ring (bicyclic) bond motifs is 1. The largest absolute Gasteiger partial charge is 0.492 e. The van der Waals surface area contributed by atoms with Crippen molar-refractivity contribution in [3.8, 4) is 11.8 Å². The van der Waals surface area contributed by atoms with Crippen LogP contribution in [0.1, 0.15) is 57.7 Å². The second kappa shape index (κ2) is 14.4. The van der Waals surface area contributed by atoms with E-state index in [1.807, 2.05) is 65.6 Å². The van der Waals surface area contributed by atoms with Crippen molar-refractivity contribution in [2.45, 2.75) is 32.2 Å². The molecule has 10 heteroatoms. The Morgan fingerprint density at radius 1 is 0.894 bits per heavy atom. The number of aromatic nitrogens is 2. The number of nitriles is 1. The van der Waals surface area contributed by atoms with Crippen molar-refractivity contribution < 1.29 is 18.7 Å². The van der Waals surface area contributed by atoms with Gasteiger partial charge in [-0.05, 0) is 67.6 Å². The van der Waals surface area contributed by atoms with Crippen molar-refractivity contribution in [3.63, 3.8) is 0 Å². The first-order valence-electron chi connectivity index (χ1n) is 16.0. The Labute approximate surface area is 274 Å². The molecule has 0 saturated carbocycles. The highest BCUT2D eigenvalue weighted by Gasteiger charge is 2.38. The van der Waals surface area contributed by atoms with Crippen LogP contribution in [0.2, 0.25) is 0 Å². The average Bonchev–Trinajstić information content (AvgIpc) is 3.12. The minimum absolute atomic E-state index is 0.122. The van der Waals surface area contributed by atoms with Gasteiger partial charge in [0.25, 0.3) is 11.8 Å². The number of benzene rings is 2. The Morgan fingerprint density at radius 2 is 1.68 bits per heavy atom. The molecule has 240 valence electrons. The molecule has 0 radical (unpaired) electrons. The molecule has 2 aliphatic rings. The minimum Gasteiger partial charge on any atom is -0.492 e. The second-order valence-electron chi connectivity index (χ2n) is 12.2. The maximum atomic E-state index is 14.4. The Balaban J connectivity index is 1.28. The van der Waals surface area contributed by atoms with Crippen LogP contribution in [0.25, 0.3) is 0 Å². The summed E-state index contributed by atoms with van der Waals surface area (Å²) in [6.07, 6.45) is 5.98. The highest BCUT2D eigenvalue weighted by Crippen LogP contribution is 2.38. The molecule has 0 bridgehead atoms. The number of anilines is 1. The number of para-hydroxylation sites is 1. The predicted molar refractivity (Wildman–Crippen MR) is 175 cm³/mol. The molecule has 4 heterocycles. The SMILES string of the molecule is N#Cc1ccc(N2CCCC3(CCN(C(=O)c4ncccc4F)CC3)COc3ccccc3C(=O)N(Cc3ccccc3)CC2)nc1. The van der Waals surface area contributed by atoms with Gasteiger partial charge >= 0.3 is 0 Å². The number of pyridine rings is 2. The van der Waals surface area contributed by atoms with Gasteiger partial charge in [0.2, 0.25) is 0 Å². The number of likely N-dealkylation sites (tertiary alicyclic amines) is 1. The summed E-state index contributed by atoms with van der Waals surface area (Å²) in [5, 5.41) is 9.32. The number of amides is 2. The van der Waals surface area contributed by atoms with Crippen molar-refractivity contribution in [2.75, 3.05) is 44.2 Å². The van der Waals surface area contributed by atoms with Crippen LogP contribution in [0.3, 0.4) is 0 Å². The Bertz CT molecular complexity index is 1740. The van der Waals surface area contributed by atoms with Gasteiger partial charge in [-0.2, -0.15) is 5.26 Å². The number of nitrogens with zero attached hydrogens (tertiary/aromatic N) is 6. The molecule has 1 spiro atoms. The molecular weight excluding hydrogens is 595 g/mol. The Kier molecular flexibility index (Phi) is 9.72. The van der Waals surface area contributed by atoms with E-state index < -0.39 is 11.7 Å². The highest BCUT2D eigenvalue weighted by molar-refractivity contribution is 5.97. The fourth-order valence-electron chi connectivity index (χ4n) is 6.44. The van der Waals surface area contributed by atoms with Crippen molar-refractivity contribution in [1.82, 2.24) is 19.8 Å². The quantitative estimate of drug-likeness (QED) is 0.283. The fourth-order valence-corrected chi connectivity index (χ4v) is 6.44. The summed E-state index contributed by atoms with van der Waals surface area (Å²) in [7, 11) is 0. The normalized spacial score (nSPS) is 17.0. The zero-order valence-electron chi connectivity index (χ0n) is 26.2. The van der Waals surface area contributed by atoms with Crippen LogP contribution in [0.5, 0.6) is 5.75 Å². The van der Waals surface area contributed by atoms with Crippen molar-refractivity contribution in [2.24, 2.45) is 5.41 Å². The zero-order chi connectivity index (χ0) is 32.6. The first-order chi connectivity index (χ1) is 22.9. The van der Waals surface area contributed by atoms with Gasteiger partial charge in [0, 0.05) is 57.1 Å². The summed E-state index contributed by atoms with van der Waals surface area (Å²) >= 11 is 0. The molecule has 6 rings (SSSR count). The van der Waals surface area contributed by atoms with Gasteiger partial charge in [0.1, 0.15) is 17.6 Å². The smallest absolute Gasteiger partial charge is 0.275 e. The highest BCUT2D eigenvalue weighted by atomic mass is 19.1. The third kappa shape index (κ3) is 7.41. The van der Waals surface area contributed by atoms with Gasteiger partial charge in [-0.1, -0.05) is 42.5 Å². The van der Waals surface area contributed by atoms with Crippen molar-refractivity contribution in [3.05, 3.63) is 119 Å². The van der Waals surface area contributed by atoms with Crippen molar-refractivity contribution >= 4 is 17.6 Å². The number of halogens is 1. The van der Waals surface area contributed by atoms with Crippen LogP contribution in [0.15, 0.2) is 91.3 Å². The third-order valence-electron chi connectivity index (χ3n) is 9.20. The van der Waals surface area contributed by atoms with E-state index in [1.165, 1.54) is 18.3 Å². The second-order valence-corrected chi connectivity index (χ2v) is 12.2. The van der Waals surface area contributed by atoms with E-state index in [4.69, 9.17) is 4.74 Å². The number of hydrogen-bond donors (Lipinski definition) is 0. The summed E-state index contributed by atoms with van der Waals surface area (Å²) in [6.45, 7) is 3.40. The van der Waals surface area contributed by atoms with Gasteiger partial charge in [-0.3, -0.25) is 9.59 Å². The van der Waals surface area contributed by atoms with E-state index in [0.717, 1.165) is 24.2 Å². The predicted octanol–water partition coefficient (Wildman–Crippen LogP) is 5.73. The molecular formula is C37H37FN6O3. The number of ether oxygens (including phenoxy) is 1. The summed E-state index contributed by atoms with van der Waals surface area (Å²) < 4.78 is 20.9. The third-order valence-corrected chi connectivity index (χ3v) is 9.20. The summed E-state index contributed by atoms with van der Waals surface area (Å²) in [5.74, 6) is 0.130. The van der Waals surface area contributed by atoms with E-state index in [1.54, 1.807) is 17.2 Å². The first kappa shape index (κ1) is 31.7. The van der Waals surface area contributed by atoms with E-state index >= 15 is 0 Å². The van der Waals surface area contributed by atoms with Gasteiger partial charge in [0.15, 0.2) is 11.5 Å². The van der Waals surface area contributed by atoms with E-state index in [-0.39, 0.29) is 17.0 Å². The number of carbonyl (C=O) groups excluding carboxylic acids is 2. The van der Waals surface area contributed by atoms with Crippen LogP contribution in [-0.4, -0.2) is 70.9 Å². The lowest BCUT2D eigenvalue weighted by molar-refractivity contribution is 0.0357. The molecule has 2 aromatic carbocycles. The van der Waals surface area contributed by atoms with Crippen molar-refractivity contribution in [1.29, 1.82) is 5.26 Å². The number of hydrogen-bond acceptors (Lipinski definition) is 7. The molecule has 0 atom stereocenters. The molecule has 9 nitrogen and oxygen atoms in total. The molecule has 1 saturated heterocycles. The monoisotopic (exact) mass is 632 g/mol. The van der Waals surface area contributed by atoms with Gasteiger partial charge in [0.05, 0.1) is 17.7 Å². The van der Waals surface area contributed by atoms with E-state index in [0.29, 0.717) is 75.6 Å². The summed E-state index contributed by atoms with van der Waals surface area (Å²) in [6, 6.07) is 25.8. The molecule has 47 heavy (non-hydrogen) atoms. The molecule has 2 amide bonds. The van der Waals surface area contributed by atoms with Crippen LogP contribution in [-0.2, 0) is 6.54 Å². The van der Waals surface area contributed by atoms with Crippen LogP contribution < -0.4 is 9.64 Å². The van der Waals surface area contributed by atoms with E-state index in [2.05, 4.69) is 20.9 Å². The van der Waals surface area contributed by atoms with Gasteiger partial charge < -0.3 is 19.4 Å². The van der Waals surface area contributed by atoms with Crippen LogP contribution in [0.4, 0.5) is 10.2 Å². The molecule has 4 aromatic rings. The standard InChI is InChI=1S/C37H37FN6O3/c38-31-11-6-18-40-34(31)36(46)43-20-16-37(17-21-43)15-7-19-42(33-14-13-29(24-39)25-41-33)22-23-44(26-28-8-2-1-3-9-28)35(45)30-10-4-5-12-32(30)47-27-37/h1-6,8-14,18,25H,7,15-17,19-23,26-27H2. The maximum Gasteiger partial charge on any atom is 0.275 e. The fraction of sp³-hybridized carbons (Fsp3) is 0.324. The number of rotatable bonds is 4. The maximum absolute atomic E-state index is 14.4. The van der Waals surface area contributed by atoms with Gasteiger partial charge in [-0.25, -0.2) is 14.4 Å². The first-order valence-corrected chi connectivity index (χ1v) is 16.0. The lowest BCUT2D eigenvalue weighted by Crippen LogP contribution is -2.46. The average molecular weight is 633 g/mol. The lowest BCUT2D eigenvalue weighted by Gasteiger charge is -2.42. The number of carbonyl (C=O) groups is 2. The molecule has 0 unspecified atom stereocenters. The Hall–Kier alpha value is -5.30. The lowest BCUT2D eigenvalue weighted by atomic mass is 9.75. The Morgan fingerprint density at radius 3 is 2.43 bits per heavy atom. The molecule has 0 N–H and O–H groups in total. The van der Waals surface area contributed by atoms with Gasteiger partial charge in [-0.15, -0.1) is 0 Å². The molecule has 2 aromatic heterocycles. The molecule has 0 aliphatic carbocycles. The van der Waals surface area contributed by atoms with Crippen LogP contribution in [0, 0.1) is 22.6 Å². The zero-order valence-corrected chi connectivity index (χ0v) is 26.2. The topological polar surface area (TPSA) is 103 Å². The van der Waals surface area contributed by atoms with Crippen LogP contribution >= 0.6 is 0 Å². The summed E-state index contributed by atoms with van der Waals surface area (Å²) in [4.78, 5) is 41.6. The van der Waals surface area contributed by atoms with E-state index in [9.17, 15) is 19.2 Å². The number of piperidine rings is 1. The molecule has 2 aliphatic heterocycles.